The Balaban J connectivity index is 2.81. The van der Waals surface area contributed by atoms with Crippen LogP contribution in [0.15, 0.2) is 24.3 Å². The molecule has 130 valence electrons. The van der Waals surface area contributed by atoms with Crippen LogP contribution in [0.3, 0.4) is 0 Å². The number of unbranched alkanes of at least 4 members (excludes halogenated alkanes) is 3. The van der Waals surface area contributed by atoms with Crippen molar-refractivity contribution in [2.75, 3.05) is 13.1 Å². The summed E-state index contributed by atoms with van der Waals surface area (Å²) >= 11 is 4.92. The fourth-order valence-corrected chi connectivity index (χ4v) is 4.21. The molecule has 0 unspecified atom stereocenters. The van der Waals surface area contributed by atoms with Crippen LogP contribution in [0.5, 0.6) is 0 Å². The number of aryl methyl sites for hydroxylation is 1. The molecular formula is C17H28N2O2S2. The van der Waals surface area contributed by atoms with Crippen LogP contribution < -0.4 is 5.73 Å². The molecule has 0 amide bonds. The highest BCUT2D eigenvalue weighted by Gasteiger charge is 2.22. The van der Waals surface area contributed by atoms with Crippen molar-refractivity contribution in [1.29, 1.82) is 0 Å². The van der Waals surface area contributed by atoms with Crippen molar-refractivity contribution in [3.63, 3.8) is 0 Å². The molecule has 1 aromatic rings. The van der Waals surface area contributed by atoms with E-state index in [0.717, 1.165) is 43.2 Å². The minimum Gasteiger partial charge on any atom is -0.392 e. The van der Waals surface area contributed by atoms with E-state index in [-0.39, 0.29) is 17.3 Å². The minimum absolute atomic E-state index is 0.00275. The highest BCUT2D eigenvalue weighted by molar-refractivity contribution is 7.88. The summed E-state index contributed by atoms with van der Waals surface area (Å²) in [4.78, 5) is 0.214. The first-order chi connectivity index (χ1) is 10.9. The molecule has 23 heavy (non-hydrogen) atoms. The van der Waals surface area contributed by atoms with Crippen molar-refractivity contribution in [2.45, 2.75) is 51.7 Å². The van der Waals surface area contributed by atoms with Gasteiger partial charge in [0.1, 0.15) is 0 Å². The lowest BCUT2D eigenvalue weighted by molar-refractivity contribution is 0.433. The highest BCUT2D eigenvalue weighted by Crippen LogP contribution is 2.14. The second-order valence-electron chi connectivity index (χ2n) is 5.79. The molecule has 4 nitrogen and oxygen atoms in total. The number of thiocarbonyl (C=S) groups is 1. The van der Waals surface area contributed by atoms with Gasteiger partial charge in [-0.25, -0.2) is 8.42 Å². The molecule has 0 saturated heterocycles. The smallest absolute Gasteiger partial charge is 0.218 e. The van der Waals surface area contributed by atoms with Crippen molar-refractivity contribution in [2.24, 2.45) is 5.73 Å². The van der Waals surface area contributed by atoms with Gasteiger partial charge in [0.2, 0.25) is 10.0 Å². The summed E-state index contributed by atoms with van der Waals surface area (Å²) in [5, 5.41) is 0. The van der Waals surface area contributed by atoms with Gasteiger partial charge in [-0.15, -0.1) is 0 Å². The predicted octanol–water partition coefficient (Wildman–Crippen LogP) is 3.25. The van der Waals surface area contributed by atoms with Crippen LogP contribution in [0.25, 0.3) is 0 Å². The Morgan fingerprint density at radius 3 is 2.48 bits per heavy atom. The maximum Gasteiger partial charge on any atom is 0.218 e. The van der Waals surface area contributed by atoms with Crippen molar-refractivity contribution in [1.82, 2.24) is 4.31 Å². The summed E-state index contributed by atoms with van der Waals surface area (Å²) < 4.78 is 26.9. The number of hydrogen-bond donors (Lipinski definition) is 1. The lowest BCUT2D eigenvalue weighted by Crippen LogP contribution is -2.39. The Hall–Kier alpha value is -0.980. The van der Waals surface area contributed by atoms with E-state index in [0.29, 0.717) is 6.54 Å². The zero-order valence-corrected chi connectivity index (χ0v) is 15.8. The third-order valence-corrected chi connectivity index (χ3v) is 5.66. The maximum atomic E-state index is 12.7. The van der Waals surface area contributed by atoms with Crippen molar-refractivity contribution >= 4 is 27.2 Å². The Bertz CT molecular complexity index is 600. The average Bonchev–Trinajstić information content (AvgIpc) is 2.49. The summed E-state index contributed by atoms with van der Waals surface area (Å²) in [5.41, 5.74) is 7.54. The minimum atomic E-state index is -3.42. The van der Waals surface area contributed by atoms with Crippen molar-refractivity contribution in [3.8, 4) is 0 Å². The second kappa shape index (κ2) is 10.0. The molecular weight excluding hydrogens is 328 g/mol. The number of nitrogens with two attached hydrogens (primary N) is 1. The Morgan fingerprint density at radius 2 is 1.87 bits per heavy atom. The van der Waals surface area contributed by atoms with Gasteiger partial charge in [-0.3, -0.25) is 0 Å². The molecule has 0 spiro atoms. The quantitative estimate of drug-likeness (QED) is 0.488. The third-order valence-electron chi connectivity index (χ3n) is 3.74. The molecule has 0 saturated carbocycles. The monoisotopic (exact) mass is 356 g/mol. The molecule has 1 rings (SSSR count). The summed E-state index contributed by atoms with van der Waals surface area (Å²) in [7, 11) is -3.42. The first kappa shape index (κ1) is 20.1. The molecule has 0 heterocycles. The fraction of sp³-hybridized carbons (Fsp3) is 0.588. The molecule has 0 aliphatic carbocycles. The first-order valence-corrected chi connectivity index (χ1v) is 10.2. The van der Waals surface area contributed by atoms with Crippen LogP contribution in [-0.4, -0.2) is 30.8 Å². The van der Waals surface area contributed by atoms with Crippen LogP contribution in [0.1, 0.15) is 50.7 Å². The fourth-order valence-electron chi connectivity index (χ4n) is 2.45. The summed E-state index contributed by atoms with van der Waals surface area (Å²) in [6.45, 7) is 4.79. The van der Waals surface area contributed by atoms with Crippen molar-refractivity contribution < 1.29 is 8.42 Å². The molecule has 0 aliphatic rings. The molecule has 0 aliphatic heterocycles. The van der Waals surface area contributed by atoms with Crippen LogP contribution in [0.2, 0.25) is 0 Å². The predicted molar refractivity (Wildman–Crippen MR) is 101 cm³/mol. The summed E-state index contributed by atoms with van der Waals surface area (Å²) in [6.07, 6.45) is 4.97. The third kappa shape index (κ3) is 7.42. The Labute approximate surface area is 146 Å². The highest BCUT2D eigenvalue weighted by atomic mass is 32.2. The van der Waals surface area contributed by atoms with Gasteiger partial charge in [-0.2, -0.15) is 4.31 Å². The van der Waals surface area contributed by atoms with Gasteiger partial charge in [-0.05, 0) is 24.0 Å². The van der Waals surface area contributed by atoms with E-state index in [1.807, 2.05) is 24.3 Å². The lowest BCUT2D eigenvalue weighted by atomic mass is 10.1. The number of sulfonamides is 1. The van der Waals surface area contributed by atoms with E-state index in [4.69, 9.17) is 18.0 Å². The summed E-state index contributed by atoms with van der Waals surface area (Å²) in [5.74, 6) is -0.00275. The number of hydrogen-bond acceptors (Lipinski definition) is 3. The zero-order chi connectivity index (χ0) is 17.3. The molecule has 0 aromatic heterocycles. The van der Waals surface area contributed by atoms with Gasteiger partial charge in [0.25, 0.3) is 0 Å². The Kier molecular flexibility index (Phi) is 8.73. The number of benzene rings is 1. The maximum absolute atomic E-state index is 12.7. The standard InChI is InChI=1S/C17H28N2O2S2/c1-3-5-6-7-11-19(13-17(18)22)23(20,21)14-16-10-8-9-15(4-2)12-16/h8-10,12H,3-7,11,13-14H2,1-2H3,(H2,18,22). The first-order valence-electron chi connectivity index (χ1n) is 8.23. The molecule has 6 heteroatoms. The van der Waals surface area contributed by atoms with E-state index in [1.165, 1.54) is 4.31 Å². The molecule has 0 fully saturated rings. The van der Waals surface area contributed by atoms with Gasteiger partial charge < -0.3 is 5.73 Å². The topological polar surface area (TPSA) is 63.4 Å². The Morgan fingerprint density at radius 1 is 1.17 bits per heavy atom. The number of nitrogens with zero attached hydrogens (tertiary/aromatic N) is 1. The van der Waals surface area contributed by atoms with E-state index in [9.17, 15) is 8.42 Å². The van der Waals surface area contributed by atoms with Gasteiger partial charge >= 0.3 is 0 Å². The molecule has 1 aromatic carbocycles. The molecule has 0 radical (unpaired) electrons. The SMILES string of the molecule is CCCCCCN(CC(N)=S)S(=O)(=O)Cc1cccc(CC)c1. The van der Waals surface area contributed by atoms with Gasteiger partial charge in [0.05, 0.1) is 17.3 Å². The van der Waals surface area contributed by atoms with Crippen LogP contribution in [0.4, 0.5) is 0 Å². The van der Waals surface area contributed by atoms with Gasteiger partial charge in [-0.1, -0.05) is 69.6 Å². The van der Waals surface area contributed by atoms with E-state index < -0.39 is 10.0 Å². The average molecular weight is 357 g/mol. The van der Waals surface area contributed by atoms with Gasteiger partial charge in [0.15, 0.2) is 0 Å². The number of rotatable bonds is 11. The lowest BCUT2D eigenvalue weighted by Gasteiger charge is -2.22. The molecule has 2 N–H and O–H groups in total. The second-order valence-corrected chi connectivity index (χ2v) is 8.28. The normalized spacial score (nSPS) is 11.8. The summed E-state index contributed by atoms with van der Waals surface area (Å²) in [6, 6.07) is 7.72. The van der Waals surface area contributed by atoms with Crippen LogP contribution in [-0.2, 0) is 22.2 Å². The zero-order valence-electron chi connectivity index (χ0n) is 14.1. The van der Waals surface area contributed by atoms with E-state index in [2.05, 4.69) is 13.8 Å². The van der Waals surface area contributed by atoms with E-state index >= 15 is 0 Å². The molecule has 0 atom stereocenters. The van der Waals surface area contributed by atoms with Crippen LogP contribution in [0, 0.1) is 0 Å². The largest absolute Gasteiger partial charge is 0.392 e. The van der Waals surface area contributed by atoms with Crippen molar-refractivity contribution in [3.05, 3.63) is 35.4 Å². The van der Waals surface area contributed by atoms with Crippen LogP contribution >= 0.6 is 12.2 Å². The van der Waals surface area contributed by atoms with Gasteiger partial charge in [0, 0.05) is 6.54 Å². The molecule has 0 bridgehead atoms. The van der Waals surface area contributed by atoms with E-state index in [1.54, 1.807) is 0 Å².